The van der Waals surface area contributed by atoms with Crippen LogP contribution in [-0.2, 0) is 0 Å². The molecule has 0 aromatic rings. The zero-order chi connectivity index (χ0) is 20.6. The highest BCUT2D eigenvalue weighted by molar-refractivity contribution is 6.84. The van der Waals surface area contributed by atoms with Gasteiger partial charge in [0.25, 0.3) is 0 Å². The van der Waals surface area contributed by atoms with E-state index in [9.17, 15) is 0 Å². The van der Waals surface area contributed by atoms with Crippen LogP contribution >= 0.6 is 24.8 Å². The highest BCUT2D eigenvalue weighted by atomic mass is 35.5. The third-order valence-electron chi connectivity index (χ3n) is 5.40. The Morgan fingerprint density at radius 3 is 0.929 bits per heavy atom. The van der Waals surface area contributed by atoms with E-state index < -0.39 is 16.1 Å². The first-order chi connectivity index (χ1) is 11.4. The summed E-state index contributed by atoms with van der Waals surface area (Å²) in [6.45, 7) is 28.3. The molecule has 0 aromatic heterocycles. The van der Waals surface area contributed by atoms with Gasteiger partial charge in [0.1, 0.15) is 0 Å². The standard InChI is InChI=1S/2C12H22Si.2ClH/c2*1-12(2,3)10-7-8-11(9-10)13(4,5)6;;/h2*8-9H,7H2,1-6H3;2*1H. The quantitative estimate of drug-likeness (QED) is 0.360. The monoisotopic (exact) mass is 460 g/mol. The molecular formula is C24H46Cl2Si2. The average molecular weight is 462 g/mol. The van der Waals surface area contributed by atoms with E-state index in [-0.39, 0.29) is 24.8 Å². The number of halogens is 2. The maximum absolute atomic E-state index is 2.45. The predicted molar refractivity (Wildman–Crippen MR) is 142 cm³/mol. The SMILES string of the molecule is CC(C)(C)C1=CC([Si](C)(C)C)=CC1.CC(C)(C)C1=CC([Si](C)(C)C)=CC1.Cl.Cl. The molecule has 28 heavy (non-hydrogen) atoms. The Bertz CT molecular complexity index is 580. The van der Waals surface area contributed by atoms with Crippen LogP contribution in [0.5, 0.6) is 0 Å². The van der Waals surface area contributed by atoms with Crippen LogP contribution in [0.3, 0.4) is 0 Å². The van der Waals surface area contributed by atoms with Crippen molar-refractivity contribution < 1.29 is 0 Å². The molecule has 0 amide bonds. The van der Waals surface area contributed by atoms with Gasteiger partial charge in [0.15, 0.2) is 0 Å². The fourth-order valence-corrected chi connectivity index (χ4v) is 5.79. The first-order valence-electron chi connectivity index (χ1n) is 10.3. The average Bonchev–Trinajstić information content (AvgIpc) is 3.06. The summed E-state index contributed by atoms with van der Waals surface area (Å²) in [5, 5.41) is 3.27. The van der Waals surface area contributed by atoms with Gasteiger partial charge in [-0.3, -0.25) is 0 Å². The van der Waals surface area contributed by atoms with E-state index >= 15 is 0 Å². The van der Waals surface area contributed by atoms with Gasteiger partial charge in [-0.2, -0.15) is 0 Å². The van der Waals surface area contributed by atoms with Gasteiger partial charge >= 0.3 is 0 Å². The minimum Gasteiger partial charge on any atom is -0.147 e. The zero-order valence-electron chi connectivity index (χ0n) is 20.5. The van der Waals surface area contributed by atoms with Crippen LogP contribution in [-0.4, -0.2) is 16.1 Å². The van der Waals surface area contributed by atoms with Crippen molar-refractivity contribution in [3.05, 3.63) is 45.8 Å². The Hall–Kier alpha value is -0.0262. The Kier molecular flexibility index (Phi) is 11.1. The molecule has 0 spiro atoms. The molecule has 0 radical (unpaired) electrons. The molecule has 0 nitrogen and oxygen atoms in total. The Morgan fingerprint density at radius 2 is 0.821 bits per heavy atom. The number of hydrogen-bond donors (Lipinski definition) is 0. The molecule has 0 aliphatic heterocycles. The molecule has 0 aromatic carbocycles. The predicted octanol–water partition coefficient (Wildman–Crippen LogP) is 9.18. The molecule has 0 heterocycles. The first kappa shape index (κ1) is 30.2. The van der Waals surface area contributed by atoms with Gasteiger partial charge in [-0.15, -0.1) is 24.8 Å². The van der Waals surface area contributed by atoms with E-state index in [0.29, 0.717) is 10.8 Å². The molecule has 0 bridgehead atoms. The third-order valence-corrected chi connectivity index (χ3v) is 9.56. The number of hydrogen-bond acceptors (Lipinski definition) is 0. The van der Waals surface area contributed by atoms with Crippen molar-refractivity contribution in [1.82, 2.24) is 0 Å². The fraction of sp³-hybridized carbons (Fsp3) is 0.667. The molecule has 4 heteroatoms. The minimum atomic E-state index is -1.06. The molecule has 0 atom stereocenters. The largest absolute Gasteiger partial charge is 0.147 e. The van der Waals surface area contributed by atoms with E-state index in [1.54, 1.807) is 21.5 Å². The summed E-state index contributed by atoms with van der Waals surface area (Å²) >= 11 is 0. The van der Waals surface area contributed by atoms with Crippen molar-refractivity contribution in [2.45, 2.75) is 93.7 Å². The molecular weight excluding hydrogens is 415 g/mol. The number of allylic oxidation sites excluding steroid dienone is 8. The molecule has 2 aliphatic rings. The Balaban J connectivity index is 0. The van der Waals surface area contributed by atoms with E-state index in [1.807, 2.05) is 0 Å². The minimum absolute atomic E-state index is 0. The number of rotatable bonds is 2. The van der Waals surface area contributed by atoms with Crippen LogP contribution in [0.25, 0.3) is 0 Å². The second kappa shape index (κ2) is 10.3. The van der Waals surface area contributed by atoms with Gasteiger partial charge in [-0.1, -0.05) is 127 Å². The van der Waals surface area contributed by atoms with Crippen LogP contribution in [0.15, 0.2) is 45.8 Å². The molecule has 0 N–H and O–H groups in total. The van der Waals surface area contributed by atoms with Gasteiger partial charge in [0, 0.05) is 0 Å². The summed E-state index contributed by atoms with van der Waals surface area (Å²) in [7, 11) is -2.12. The Morgan fingerprint density at radius 1 is 0.571 bits per heavy atom. The van der Waals surface area contributed by atoms with Crippen LogP contribution in [0, 0.1) is 10.8 Å². The lowest BCUT2D eigenvalue weighted by atomic mass is 9.86. The summed E-state index contributed by atoms with van der Waals surface area (Å²) in [6.07, 6.45) is 12.1. The second-order valence-corrected chi connectivity index (χ2v) is 22.2. The molecule has 2 aliphatic carbocycles. The summed E-state index contributed by atoms with van der Waals surface area (Å²) in [5.41, 5.74) is 3.92. The van der Waals surface area contributed by atoms with E-state index in [2.05, 4.69) is 105 Å². The van der Waals surface area contributed by atoms with E-state index in [0.717, 1.165) is 0 Å². The van der Waals surface area contributed by atoms with Crippen LogP contribution in [0.1, 0.15) is 54.4 Å². The van der Waals surface area contributed by atoms with Gasteiger partial charge in [-0.25, -0.2) is 0 Å². The van der Waals surface area contributed by atoms with Crippen molar-refractivity contribution in [3.8, 4) is 0 Å². The second-order valence-electron chi connectivity index (χ2n) is 12.1. The Labute approximate surface area is 190 Å². The lowest BCUT2D eigenvalue weighted by molar-refractivity contribution is 0.496. The summed E-state index contributed by atoms with van der Waals surface area (Å²) < 4.78 is 0. The summed E-state index contributed by atoms with van der Waals surface area (Å²) in [6, 6.07) is 0. The van der Waals surface area contributed by atoms with Gasteiger partial charge in [0.2, 0.25) is 0 Å². The van der Waals surface area contributed by atoms with Crippen molar-refractivity contribution in [2.75, 3.05) is 0 Å². The van der Waals surface area contributed by atoms with E-state index in [1.165, 1.54) is 12.8 Å². The first-order valence-corrected chi connectivity index (χ1v) is 17.3. The maximum atomic E-state index is 2.45. The van der Waals surface area contributed by atoms with Gasteiger partial charge < -0.3 is 0 Å². The van der Waals surface area contributed by atoms with Crippen molar-refractivity contribution in [3.63, 3.8) is 0 Å². The van der Waals surface area contributed by atoms with Crippen LogP contribution in [0.4, 0.5) is 0 Å². The summed E-state index contributed by atoms with van der Waals surface area (Å²) in [4.78, 5) is 0. The van der Waals surface area contributed by atoms with Crippen molar-refractivity contribution in [1.29, 1.82) is 0 Å². The molecule has 164 valence electrons. The van der Waals surface area contributed by atoms with Gasteiger partial charge in [0.05, 0.1) is 16.1 Å². The molecule has 0 unspecified atom stereocenters. The topological polar surface area (TPSA) is 0 Å². The highest BCUT2D eigenvalue weighted by Crippen LogP contribution is 2.37. The maximum Gasteiger partial charge on any atom is 0.0771 e. The molecule has 0 saturated carbocycles. The zero-order valence-corrected chi connectivity index (χ0v) is 24.2. The molecule has 0 saturated heterocycles. The molecule has 2 rings (SSSR count). The van der Waals surface area contributed by atoms with Crippen LogP contribution in [0.2, 0.25) is 39.3 Å². The smallest absolute Gasteiger partial charge is 0.0771 e. The normalized spacial score (nSPS) is 17.3. The lowest BCUT2D eigenvalue weighted by Crippen LogP contribution is -2.22. The summed E-state index contributed by atoms with van der Waals surface area (Å²) in [5.74, 6) is 0. The molecule has 0 fully saturated rings. The van der Waals surface area contributed by atoms with Gasteiger partial charge in [-0.05, 0) is 23.7 Å². The fourth-order valence-electron chi connectivity index (χ4n) is 3.14. The van der Waals surface area contributed by atoms with Crippen molar-refractivity contribution in [2.24, 2.45) is 10.8 Å². The lowest BCUT2D eigenvalue weighted by Gasteiger charge is -2.21. The third kappa shape index (κ3) is 9.19. The van der Waals surface area contributed by atoms with E-state index in [4.69, 9.17) is 0 Å². The highest BCUT2D eigenvalue weighted by Gasteiger charge is 2.26. The van der Waals surface area contributed by atoms with Crippen LogP contribution < -0.4 is 0 Å². The van der Waals surface area contributed by atoms with Crippen molar-refractivity contribution >= 4 is 41.0 Å².